The van der Waals surface area contributed by atoms with Gasteiger partial charge in [0.25, 0.3) is 0 Å². The second kappa shape index (κ2) is 6.33. The van der Waals surface area contributed by atoms with Crippen molar-refractivity contribution in [3.63, 3.8) is 0 Å². The Hall–Kier alpha value is -2.67. The molecule has 0 bridgehead atoms. The van der Waals surface area contributed by atoms with Crippen LogP contribution in [0.25, 0.3) is 5.82 Å². The highest BCUT2D eigenvalue weighted by Crippen LogP contribution is 2.43. The molecule has 1 N–H and O–H groups in total. The summed E-state index contributed by atoms with van der Waals surface area (Å²) < 4.78 is 15.4. The fraction of sp³-hybridized carbons (Fsp3) is 0.167. The van der Waals surface area contributed by atoms with E-state index < -0.39 is 0 Å². The van der Waals surface area contributed by atoms with Crippen LogP contribution in [0.5, 0.6) is 0 Å². The van der Waals surface area contributed by atoms with E-state index in [1.807, 2.05) is 31.2 Å². The van der Waals surface area contributed by atoms with Crippen LogP contribution in [0.2, 0.25) is 0 Å². The topological polar surface area (TPSA) is 59.8 Å². The number of hydrogen-bond donors (Lipinski definition) is 1. The Balaban J connectivity index is 1.90. The van der Waals surface area contributed by atoms with Gasteiger partial charge in [-0.3, -0.25) is 4.79 Å². The molecule has 0 radical (unpaired) electrons. The molecule has 1 atom stereocenters. The highest BCUT2D eigenvalue weighted by atomic mass is 32.2. The van der Waals surface area contributed by atoms with Crippen LogP contribution in [0.3, 0.4) is 0 Å². The molecule has 1 aliphatic rings. The molecule has 126 valence electrons. The van der Waals surface area contributed by atoms with E-state index in [9.17, 15) is 9.18 Å². The third-order valence-corrected chi connectivity index (χ3v) is 5.30. The van der Waals surface area contributed by atoms with E-state index in [4.69, 9.17) is 0 Å². The first kappa shape index (κ1) is 15.8. The Labute approximate surface area is 148 Å². The van der Waals surface area contributed by atoms with Gasteiger partial charge < -0.3 is 5.32 Å². The summed E-state index contributed by atoms with van der Waals surface area (Å²) in [5.41, 5.74) is 2.48. The van der Waals surface area contributed by atoms with Crippen molar-refractivity contribution in [1.29, 1.82) is 0 Å². The predicted molar refractivity (Wildman–Crippen MR) is 95.4 cm³/mol. The smallest absolute Gasteiger partial charge is 0.235 e. The fourth-order valence-corrected chi connectivity index (χ4v) is 4.14. The number of aryl methyl sites for hydroxylation is 1. The predicted octanol–water partition coefficient (Wildman–Crippen LogP) is 3.49. The lowest BCUT2D eigenvalue weighted by atomic mass is 10.0. The molecule has 4 rings (SSSR count). The van der Waals surface area contributed by atoms with E-state index >= 15 is 0 Å². The Kier molecular flexibility index (Phi) is 4.01. The molecule has 0 spiro atoms. The Morgan fingerprint density at radius 2 is 2.16 bits per heavy atom. The minimum Gasteiger partial charge on any atom is -0.310 e. The second-order valence-electron chi connectivity index (χ2n) is 5.74. The van der Waals surface area contributed by atoms with Gasteiger partial charge in [0.05, 0.1) is 16.7 Å². The largest absolute Gasteiger partial charge is 0.310 e. The maximum Gasteiger partial charge on any atom is 0.235 e. The zero-order chi connectivity index (χ0) is 17.4. The summed E-state index contributed by atoms with van der Waals surface area (Å²) in [5, 5.41) is 7.32. The zero-order valence-corrected chi connectivity index (χ0v) is 14.3. The van der Waals surface area contributed by atoms with Crippen molar-refractivity contribution >= 4 is 23.5 Å². The lowest BCUT2D eigenvalue weighted by molar-refractivity contribution is -0.113. The highest BCUT2D eigenvalue weighted by molar-refractivity contribution is 8.00. The van der Waals surface area contributed by atoms with Crippen LogP contribution in [-0.2, 0) is 4.79 Å². The Morgan fingerprint density at radius 3 is 2.92 bits per heavy atom. The van der Waals surface area contributed by atoms with Crippen LogP contribution in [-0.4, -0.2) is 26.4 Å². The summed E-state index contributed by atoms with van der Waals surface area (Å²) in [7, 11) is 0. The number of anilines is 1. The van der Waals surface area contributed by atoms with Gasteiger partial charge >= 0.3 is 0 Å². The van der Waals surface area contributed by atoms with Crippen LogP contribution in [0.1, 0.15) is 22.1 Å². The van der Waals surface area contributed by atoms with E-state index in [0.717, 1.165) is 16.8 Å². The summed E-state index contributed by atoms with van der Waals surface area (Å²) in [4.78, 5) is 16.5. The van der Waals surface area contributed by atoms with Crippen molar-refractivity contribution in [2.45, 2.75) is 12.2 Å². The third kappa shape index (κ3) is 2.91. The molecular weight excluding hydrogens is 339 g/mol. The first-order chi connectivity index (χ1) is 12.1. The zero-order valence-electron chi connectivity index (χ0n) is 13.4. The quantitative estimate of drug-likeness (QED) is 0.765. The summed E-state index contributed by atoms with van der Waals surface area (Å²) >= 11 is 1.47. The van der Waals surface area contributed by atoms with Crippen molar-refractivity contribution in [3.05, 3.63) is 71.3 Å². The number of nitrogens with zero attached hydrogens (tertiary/aromatic N) is 3. The molecule has 25 heavy (non-hydrogen) atoms. The number of amides is 1. The number of nitrogens with one attached hydrogen (secondary N) is 1. The van der Waals surface area contributed by atoms with Gasteiger partial charge in [0.15, 0.2) is 5.82 Å². The maximum absolute atomic E-state index is 13.7. The molecule has 1 aromatic carbocycles. The van der Waals surface area contributed by atoms with E-state index in [-0.39, 0.29) is 22.7 Å². The molecule has 0 saturated carbocycles. The molecule has 0 unspecified atom stereocenters. The van der Waals surface area contributed by atoms with Gasteiger partial charge in [0, 0.05) is 11.8 Å². The standard InChI is InChI=1S/C18H15FN4OS/c1-11-16-17(12-5-4-6-13(19)9-12)25-10-15(24)21-18(16)23(22-11)14-7-2-3-8-20-14/h2-9,17H,10H2,1H3,(H,21,24)/t17-/m0/s1. The van der Waals surface area contributed by atoms with Crippen molar-refractivity contribution in [2.75, 3.05) is 11.1 Å². The van der Waals surface area contributed by atoms with Crippen molar-refractivity contribution in [2.24, 2.45) is 0 Å². The van der Waals surface area contributed by atoms with Crippen molar-refractivity contribution in [3.8, 4) is 5.82 Å². The van der Waals surface area contributed by atoms with Gasteiger partial charge in [-0.05, 0) is 36.8 Å². The summed E-state index contributed by atoms with van der Waals surface area (Å²) in [6.07, 6.45) is 1.68. The molecule has 5 nitrogen and oxygen atoms in total. The number of carbonyl (C=O) groups is 1. The highest BCUT2D eigenvalue weighted by Gasteiger charge is 2.30. The summed E-state index contributed by atoms with van der Waals surface area (Å²) in [6.45, 7) is 1.89. The number of pyridine rings is 1. The molecule has 3 aromatic rings. The van der Waals surface area contributed by atoms with Gasteiger partial charge in [-0.25, -0.2) is 9.37 Å². The fourth-order valence-electron chi connectivity index (χ4n) is 2.96. The van der Waals surface area contributed by atoms with Gasteiger partial charge in [-0.1, -0.05) is 18.2 Å². The normalized spacial score (nSPS) is 16.9. The number of hydrogen-bond acceptors (Lipinski definition) is 4. The number of rotatable bonds is 2. The lowest BCUT2D eigenvalue weighted by Gasteiger charge is -2.15. The van der Waals surface area contributed by atoms with Gasteiger partial charge in [0.2, 0.25) is 5.91 Å². The number of carbonyl (C=O) groups excluding carboxylic acids is 1. The van der Waals surface area contributed by atoms with Crippen molar-refractivity contribution in [1.82, 2.24) is 14.8 Å². The molecule has 1 amide bonds. The summed E-state index contributed by atoms with van der Waals surface area (Å²) in [6, 6.07) is 12.0. The van der Waals surface area contributed by atoms with E-state index in [2.05, 4.69) is 15.4 Å². The lowest BCUT2D eigenvalue weighted by Crippen LogP contribution is -2.16. The van der Waals surface area contributed by atoms with Gasteiger partial charge in [0.1, 0.15) is 11.6 Å². The van der Waals surface area contributed by atoms with Crippen LogP contribution in [0.4, 0.5) is 10.2 Å². The monoisotopic (exact) mass is 354 g/mol. The number of fused-ring (bicyclic) bond motifs is 1. The van der Waals surface area contributed by atoms with Crippen LogP contribution in [0, 0.1) is 12.7 Å². The molecule has 2 aromatic heterocycles. The van der Waals surface area contributed by atoms with Crippen LogP contribution < -0.4 is 5.32 Å². The minimum absolute atomic E-state index is 0.109. The molecule has 1 aliphatic heterocycles. The number of aromatic nitrogens is 3. The Morgan fingerprint density at radius 1 is 1.28 bits per heavy atom. The van der Waals surface area contributed by atoms with Gasteiger partial charge in [-0.15, -0.1) is 11.8 Å². The summed E-state index contributed by atoms with van der Waals surface area (Å²) in [5.74, 6) is 1.11. The van der Waals surface area contributed by atoms with E-state index in [0.29, 0.717) is 11.6 Å². The third-order valence-electron chi connectivity index (χ3n) is 4.03. The Bertz CT molecular complexity index is 942. The minimum atomic E-state index is -0.294. The second-order valence-corrected chi connectivity index (χ2v) is 6.84. The number of thioether (sulfide) groups is 1. The van der Waals surface area contributed by atoms with E-state index in [1.54, 1.807) is 16.9 Å². The van der Waals surface area contributed by atoms with Crippen LogP contribution in [0.15, 0.2) is 48.7 Å². The molecule has 0 aliphatic carbocycles. The number of halogens is 1. The molecule has 0 saturated heterocycles. The van der Waals surface area contributed by atoms with Crippen LogP contribution >= 0.6 is 11.8 Å². The molecule has 3 heterocycles. The van der Waals surface area contributed by atoms with E-state index in [1.165, 1.54) is 23.9 Å². The molecular formula is C18H15FN4OS. The first-order valence-electron chi connectivity index (χ1n) is 7.81. The maximum atomic E-state index is 13.7. The average molecular weight is 354 g/mol. The SMILES string of the molecule is Cc1nn(-c2ccccn2)c2c1[C@H](c1cccc(F)c1)SCC(=O)N2. The average Bonchev–Trinajstić information content (AvgIpc) is 2.82. The van der Waals surface area contributed by atoms with Gasteiger partial charge in [-0.2, -0.15) is 9.78 Å². The number of benzene rings is 1. The first-order valence-corrected chi connectivity index (χ1v) is 8.86. The molecule has 7 heteroatoms. The molecule has 0 fully saturated rings. The van der Waals surface area contributed by atoms with Crippen molar-refractivity contribution < 1.29 is 9.18 Å².